The summed E-state index contributed by atoms with van der Waals surface area (Å²) in [6.07, 6.45) is 7.11. The molecule has 1 amide bonds. The lowest BCUT2D eigenvalue weighted by atomic mass is 10.1. The van der Waals surface area contributed by atoms with Crippen LogP contribution in [0.4, 0.5) is 0 Å². The van der Waals surface area contributed by atoms with E-state index in [1.165, 1.54) is 25.9 Å². The first-order valence-corrected chi connectivity index (χ1v) is 8.48. The summed E-state index contributed by atoms with van der Waals surface area (Å²) in [5, 5.41) is 3.55. The van der Waals surface area contributed by atoms with Crippen molar-refractivity contribution in [1.29, 1.82) is 0 Å². The van der Waals surface area contributed by atoms with Gasteiger partial charge >= 0.3 is 0 Å². The molecule has 20 heavy (non-hydrogen) atoms. The topological polar surface area (TPSA) is 35.6 Å². The van der Waals surface area contributed by atoms with Gasteiger partial charge in [-0.2, -0.15) is 0 Å². The second kappa shape index (κ2) is 7.41. The molecule has 2 heterocycles. The molecule has 2 saturated heterocycles. The minimum absolute atomic E-state index is 0.0577. The van der Waals surface area contributed by atoms with Crippen molar-refractivity contribution in [3.63, 3.8) is 0 Å². The van der Waals surface area contributed by atoms with Crippen molar-refractivity contribution in [2.24, 2.45) is 0 Å². The van der Waals surface area contributed by atoms with Crippen molar-refractivity contribution in [1.82, 2.24) is 15.1 Å². The van der Waals surface area contributed by atoms with Crippen LogP contribution in [0.1, 0.15) is 59.3 Å². The van der Waals surface area contributed by atoms with Gasteiger partial charge < -0.3 is 4.90 Å². The summed E-state index contributed by atoms with van der Waals surface area (Å²) >= 11 is 0. The zero-order chi connectivity index (χ0) is 14.5. The Balaban J connectivity index is 1.96. The van der Waals surface area contributed by atoms with E-state index in [0.29, 0.717) is 11.9 Å². The standard InChI is InChI=1S/C16H31N3O/c1-4-8-14-16(20)19(15(17-14)9-5-2)12-13(3)18-10-6-7-11-18/h13-15,17H,4-12H2,1-3H3. The summed E-state index contributed by atoms with van der Waals surface area (Å²) < 4.78 is 0. The molecule has 116 valence electrons. The Morgan fingerprint density at radius 3 is 2.45 bits per heavy atom. The zero-order valence-electron chi connectivity index (χ0n) is 13.4. The van der Waals surface area contributed by atoms with Crippen LogP contribution in [0.3, 0.4) is 0 Å². The van der Waals surface area contributed by atoms with Gasteiger partial charge in [-0.15, -0.1) is 0 Å². The highest BCUT2D eigenvalue weighted by Gasteiger charge is 2.38. The number of hydrogen-bond acceptors (Lipinski definition) is 3. The van der Waals surface area contributed by atoms with Gasteiger partial charge in [-0.05, 0) is 45.7 Å². The average molecular weight is 281 g/mol. The van der Waals surface area contributed by atoms with Gasteiger partial charge in [0.25, 0.3) is 0 Å². The molecule has 0 saturated carbocycles. The predicted octanol–water partition coefficient (Wildman–Crippen LogP) is 2.20. The van der Waals surface area contributed by atoms with Gasteiger partial charge in [-0.25, -0.2) is 0 Å². The molecule has 0 radical (unpaired) electrons. The first-order valence-electron chi connectivity index (χ1n) is 8.48. The van der Waals surface area contributed by atoms with Crippen LogP contribution in [0.15, 0.2) is 0 Å². The molecule has 2 aliphatic rings. The van der Waals surface area contributed by atoms with E-state index < -0.39 is 0 Å². The Morgan fingerprint density at radius 1 is 1.20 bits per heavy atom. The molecule has 0 aliphatic carbocycles. The minimum Gasteiger partial charge on any atom is -0.324 e. The fourth-order valence-electron chi connectivity index (χ4n) is 3.56. The van der Waals surface area contributed by atoms with Crippen LogP contribution in [0.25, 0.3) is 0 Å². The molecular weight excluding hydrogens is 250 g/mol. The number of hydrogen-bond donors (Lipinski definition) is 1. The predicted molar refractivity (Wildman–Crippen MR) is 82.5 cm³/mol. The lowest BCUT2D eigenvalue weighted by molar-refractivity contribution is -0.130. The highest BCUT2D eigenvalue weighted by Crippen LogP contribution is 2.20. The van der Waals surface area contributed by atoms with E-state index in [9.17, 15) is 4.79 Å². The first kappa shape index (κ1) is 15.8. The van der Waals surface area contributed by atoms with Crippen LogP contribution < -0.4 is 5.32 Å². The summed E-state index contributed by atoms with van der Waals surface area (Å²) in [6.45, 7) is 9.91. The third kappa shape index (κ3) is 3.53. The van der Waals surface area contributed by atoms with Gasteiger partial charge in [-0.3, -0.25) is 15.0 Å². The Hall–Kier alpha value is -0.610. The van der Waals surface area contributed by atoms with Crippen molar-refractivity contribution < 1.29 is 4.79 Å². The van der Waals surface area contributed by atoms with Crippen LogP contribution in [-0.4, -0.2) is 53.6 Å². The smallest absolute Gasteiger partial charge is 0.241 e. The third-order valence-corrected chi connectivity index (χ3v) is 4.72. The molecule has 2 aliphatic heterocycles. The van der Waals surface area contributed by atoms with Crippen molar-refractivity contribution in [3.05, 3.63) is 0 Å². The number of amides is 1. The molecule has 2 rings (SSSR count). The number of likely N-dealkylation sites (tertiary alicyclic amines) is 1. The maximum absolute atomic E-state index is 12.6. The number of rotatable bonds is 7. The largest absolute Gasteiger partial charge is 0.324 e. The number of carbonyl (C=O) groups is 1. The number of carbonyl (C=O) groups excluding carboxylic acids is 1. The van der Waals surface area contributed by atoms with Gasteiger partial charge in [-0.1, -0.05) is 26.7 Å². The minimum atomic E-state index is 0.0577. The average Bonchev–Trinajstić information content (AvgIpc) is 3.04. The molecule has 0 spiro atoms. The van der Waals surface area contributed by atoms with Gasteiger partial charge in [0.15, 0.2) is 0 Å². The Bertz CT molecular complexity index is 315. The van der Waals surface area contributed by atoms with Crippen LogP contribution in [0.5, 0.6) is 0 Å². The van der Waals surface area contributed by atoms with Crippen molar-refractivity contribution in [2.45, 2.75) is 77.5 Å². The van der Waals surface area contributed by atoms with Crippen LogP contribution in [-0.2, 0) is 4.79 Å². The van der Waals surface area contributed by atoms with Crippen molar-refractivity contribution in [2.75, 3.05) is 19.6 Å². The fourth-order valence-corrected chi connectivity index (χ4v) is 3.56. The maximum atomic E-state index is 12.6. The van der Waals surface area contributed by atoms with E-state index in [1.807, 2.05) is 0 Å². The fraction of sp³-hybridized carbons (Fsp3) is 0.938. The Kier molecular flexibility index (Phi) is 5.85. The van der Waals surface area contributed by atoms with Crippen LogP contribution in [0, 0.1) is 0 Å². The van der Waals surface area contributed by atoms with E-state index in [-0.39, 0.29) is 12.2 Å². The first-order chi connectivity index (χ1) is 9.67. The van der Waals surface area contributed by atoms with E-state index in [2.05, 4.69) is 35.9 Å². The van der Waals surface area contributed by atoms with E-state index in [4.69, 9.17) is 0 Å². The monoisotopic (exact) mass is 281 g/mol. The lowest BCUT2D eigenvalue weighted by Gasteiger charge is -2.31. The number of nitrogens with zero attached hydrogens (tertiary/aromatic N) is 2. The van der Waals surface area contributed by atoms with E-state index in [1.54, 1.807) is 0 Å². The molecule has 1 N–H and O–H groups in total. The summed E-state index contributed by atoms with van der Waals surface area (Å²) in [6, 6.07) is 0.547. The third-order valence-electron chi connectivity index (χ3n) is 4.72. The molecule has 4 heteroatoms. The summed E-state index contributed by atoms with van der Waals surface area (Å²) in [7, 11) is 0. The maximum Gasteiger partial charge on any atom is 0.241 e. The molecule has 3 unspecified atom stereocenters. The van der Waals surface area contributed by atoms with Crippen molar-refractivity contribution >= 4 is 5.91 Å². The van der Waals surface area contributed by atoms with Gasteiger partial charge in [0, 0.05) is 12.6 Å². The second-order valence-electron chi connectivity index (χ2n) is 6.40. The molecule has 0 aromatic rings. The summed E-state index contributed by atoms with van der Waals surface area (Å²) in [4.78, 5) is 17.2. The normalized spacial score (nSPS) is 29.4. The van der Waals surface area contributed by atoms with Gasteiger partial charge in [0.05, 0.1) is 12.2 Å². The molecule has 2 fully saturated rings. The quantitative estimate of drug-likeness (QED) is 0.777. The molecule has 3 atom stereocenters. The van der Waals surface area contributed by atoms with E-state index in [0.717, 1.165) is 32.2 Å². The lowest BCUT2D eigenvalue weighted by Crippen LogP contribution is -2.46. The summed E-state index contributed by atoms with van der Waals surface area (Å²) in [5.74, 6) is 0.330. The molecule has 4 nitrogen and oxygen atoms in total. The van der Waals surface area contributed by atoms with E-state index >= 15 is 0 Å². The summed E-state index contributed by atoms with van der Waals surface area (Å²) in [5.41, 5.74) is 0. The van der Waals surface area contributed by atoms with Crippen LogP contribution >= 0.6 is 0 Å². The molecule has 0 aromatic carbocycles. The Morgan fingerprint density at radius 2 is 1.85 bits per heavy atom. The van der Waals surface area contributed by atoms with Gasteiger partial charge in [0.2, 0.25) is 5.91 Å². The molecule has 0 aromatic heterocycles. The second-order valence-corrected chi connectivity index (χ2v) is 6.40. The number of nitrogens with one attached hydrogen (secondary N) is 1. The SMILES string of the molecule is CCCC1NC(CCC)N(CC(C)N2CCCC2)C1=O. The zero-order valence-corrected chi connectivity index (χ0v) is 13.4. The van der Waals surface area contributed by atoms with Crippen molar-refractivity contribution in [3.8, 4) is 0 Å². The molecular formula is C16H31N3O. The van der Waals surface area contributed by atoms with Gasteiger partial charge in [0.1, 0.15) is 0 Å². The Labute approximate surface area is 123 Å². The highest BCUT2D eigenvalue weighted by molar-refractivity contribution is 5.84. The van der Waals surface area contributed by atoms with Crippen LogP contribution in [0.2, 0.25) is 0 Å². The highest BCUT2D eigenvalue weighted by atomic mass is 16.2. The molecule has 0 bridgehead atoms.